The number of benzene rings is 1. The van der Waals surface area contributed by atoms with Crippen molar-refractivity contribution in [3.63, 3.8) is 0 Å². The smallest absolute Gasteiger partial charge is 0.483 e. The van der Waals surface area contributed by atoms with Gasteiger partial charge in [-0.2, -0.15) is 0 Å². The van der Waals surface area contributed by atoms with E-state index < -0.39 is 24.3 Å². The number of carbonyl (C=O) groups is 1. The molecule has 0 unspecified atom stereocenters. The summed E-state index contributed by atoms with van der Waals surface area (Å²) in [5.74, 6) is 6.17. The average Bonchev–Trinajstić information content (AvgIpc) is 2.84. The normalized spacial score (nSPS) is 17.9. The van der Waals surface area contributed by atoms with Gasteiger partial charge in [0.1, 0.15) is 5.75 Å². The van der Waals surface area contributed by atoms with Gasteiger partial charge in [-0.3, -0.25) is 9.80 Å². The molecule has 170 valence electrons. The van der Waals surface area contributed by atoms with E-state index in [0.29, 0.717) is 24.7 Å². The minimum Gasteiger partial charge on any atom is -0.493 e. The third-order valence-electron chi connectivity index (χ3n) is 5.56. The lowest BCUT2D eigenvalue weighted by atomic mass is 9.75. The lowest BCUT2D eigenvalue weighted by Crippen LogP contribution is -2.55. The van der Waals surface area contributed by atoms with Crippen LogP contribution in [0.15, 0.2) is 18.2 Å². The number of ether oxygens (including phenoxy) is 2. The van der Waals surface area contributed by atoms with Gasteiger partial charge in [-0.05, 0) is 58.4 Å². The van der Waals surface area contributed by atoms with E-state index in [2.05, 4.69) is 0 Å². The molecule has 1 heterocycles. The van der Waals surface area contributed by atoms with Crippen molar-refractivity contribution < 1.29 is 23.6 Å². The summed E-state index contributed by atoms with van der Waals surface area (Å²) in [5.41, 5.74) is -0.120. The molecule has 1 aromatic rings. The fraction of sp³-hybridized carbons (Fsp3) is 0.650. The number of nitrogens with zero attached hydrogens (tertiary/aromatic N) is 1. The molecule has 0 aliphatic carbocycles. The van der Waals surface area contributed by atoms with E-state index in [1.807, 2.05) is 46.8 Å². The second kappa shape index (κ2) is 11.0. The summed E-state index contributed by atoms with van der Waals surface area (Å²) in [5, 5.41) is 1.85. The Labute approximate surface area is 191 Å². The van der Waals surface area contributed by atoms with Crippen molar-refractivity contribution in [1.29, 1.82) is 0 Å². The number of hydrogen-bond acceptors (Lipinski definition) is 6. The van der Waals surface area contributed by atoms with Crippen molar-refractivity contribution in [3.05, 3.63) is 28.8 Å². The lowest BCUT2D eigenvalue weighted by molar-refractivity contribution is -0.134. The van der Waals surface area contributed by atoms with E-state index in [1.54, 1.807) is 13.2 Å². The van der Waals surface area contributed by atoms with Gasteiger partial charge < -0.3 is 18.8 Å². The topological polar surface area (TPSA) is 83.3 Å². The second-order valence-electron chi connectivity index (χ2n) is 8.28. The van der Waals surface area contributed by atoms with E-state index in [1.165, 1.54) is 5.01 Å². The molecule has 2 N–H and O–H groups in total. The molecular weight excluding hydrogens is 430 g/mol. The van der Waals surface area contributed by atoms with E-state index in [0.717, 1.165) is 11.3 Å². The molecule has 30 heavy (non-hydrogen) atoms. The molecule has 1 fully saturated rings. The molecule has 0 aromatic heterocycles. The van der Waals surface area contributed by atoms with Crippen molar-refractivity contribution >= 4 is 37.0 Å². The van der Waals surface area contributed by atoms with Crippen LogP contribution in [0.4, 0.5) is 0 Å². The van der Waals surface area contributed by atoms with Crippen LogP contribution in [-0.4, -0.2) is 55.5 Å². The van der Waals surface area contributed by atoms with Crippen molar-refractivity contribution in [2.75, 3.05) is 20.3 Å². The van der Waals surface area contributed by atoms with Crippen LogP contribution in [0.2, 0.25) is 5.02 Å². The zero-order valence-corrected chi connectivity index (χ0v) is 20.1. The first kappa shape index (κ1) is 27.0. The molecule has 7 nitrogen and oxygen atoms in total. The van der Waals surface area contributed by atoms with E-state index in [9.17, 15) is 4.79 Å². The van der Waals surface area contributed by atoms with Crippen LogP contribution < -0.4 is 10.6 Å². The maximum Gasteiger partial charge on any atom is 0.483 e. The summed E-state index contributed by atoms with van der Waals surface area (Å²) in [6.45, 7) is 10.4. The summed E-state index contributed by atoms with van der Waals surface area (Å²) in [7, 11) is 0.883. The van der Waals surface area contributed by atoms with E-state index in [-0.39, 0.29) is 24.7 Å². The summed E-state index contributed by atoms with van der Waals surface area (Å²) in [6, 6.07) is 5.44. The Hall–Kier alpha value is -1.03. The summed E-state index contributed by atoms with van der Waals surface area (Å²) < 4.78 is 23.2. The summed E-state index contributed by atoms with van der Waals surface area (Å²) >= 11 is 6.00. The average molecular weight is 463 g/mol. The van der Waals surface area contributed by atoms with Crippen LogP contribution in [0.25, 0.3) is 0 Å². The molecule has 0 spiro atoms. The Kier molecular flexibility index (Phi) is 9.92. The van der Waals surface area contributed by atoms with E-state index >= 15 is 0 Å². The van der Waals surface area contributed by atoms with Gasteiger partial charge in [0.15, 0.2) is 0 Å². The summed E-state index contributed by atoms with van der Waals surface area (Å²) in [4.78, 5) is 12.5. The van der Waals surface area contributed by atoms with Gasteiger partial charge in [0.05, 0.1) is 36.8 Å². The van der Waals surface area contributed by atoms with Crippen molar-refractivity contribution in [3.8, 4) is 5.75 Å². The molecule has 1 aromatic carbocycles. The van der Waals surface area contributed by atoms with Crippen LogP contribution in [-0.2, 0) is 18.8 Å². The minimum atomic E-state index is -0.661. The zero-order chi connectivity index (χ0) is 21.8. The number of methoxy groups -OCH3 is 1. The Morgan fingerprint density at radius 2 is 1.83 bits per heavy atom. The Bertz CT molecular complexity index is 704. The van der Waals surface area contributed by atoms with Crippen LogP contribution in [0.5, 0.6) is 5.75 Å². The maximum absolute atomic E-state index is 12.5. The number of nitrogens with two attached hydrogens (primary N) is 1. The minimum absolute atomic E-state index is 0. The second-order valence-corrected chi connectivity index (χ2v) is 8.72. The molecule has 10 heteroatoms. The monoisotopic (exact) mass is 462 g/mol. The predicted molar refractivity (Wildman–Crippen MR) is 121 cm³/mol. The fourth-order valence-electron chi connectivity index (χ4n) is 3.02. The number of carbonyl (C=O) groups excluding carboxylic acids is 1. The van der Waals surface area contributed by atoms with Gasteiger partial charge in [-0.25, -0.2) is 5.84 Å². The van der Waals surface area contributed by atoms with Crippen LogP contribution in [0.1, 0.15) is 46.1 Å². The van der Waals surface area contributed by atoms with Gasteiger partial charge in [0.25, 0.3) is 0 Å². The lowest BCUT2D eigenvalue weighted by Gasteiger charge is -2.32. The highest BCUT2D eigenvalue weighted by atomic mass is 35.5. The quantitative estimate of drug-likeness (QED) is 0.261. The Morgan fingerprint density at radius 1 is 1.23 bits per heavy atom. The number of rotatable bonds is 9. The maximum atomic E-state index is 12.5. The largest absolute Gasteiger partial charge is 0.493 e. The SMILES string of the molecule is COCCC(=O)N(N)[C@H](CCOc1ccc(Cl)cc1C)B1OC(C)(C)C(C)(C)O1.Cl. The standard InChI is InChI=1S/C20H32BClN2O5.ClH/c1-14-13-15(22)7-8-16(14)27-12-9-17(24(23)18(25)10-11-26-6)21-28-19(2,3)20(4,5)29-21;/h7-8,13,17H,9-12,23H2,1-6H3;1H/t17-;/m1./s1. The highest BCUT2D eigenvalue weighted by Gasteiger charge is 2.55. The molecule has 0 bridgehead atoms. The molecule has 1 aliphatic rings. The Morgan fingerprint density at radius 3 is 2.37 bits per heavy atom. The number of halogens is 2. The molecule has 1 atom stereocenters. The van der Waals surface area contributed by atoms with Crippen molar-refractivity contribution in [1.82, 2.24) is 5.01 Å². The van der Waals surface area contributed by atoms with Gasteiger partial charge in [0, 0.05) is 18.6 Å². The molecule has 1 saturated heterocycles. The first-order valence-electron chi connectivity index (χ1n) is 9.79. The van der Waals surface area contributed by atoms with Gasteiger partial charge in [-0.1, -0.05) is 11.6 Å². The molecule has 0 radical (unpaired) electrons. The number of aryl methyl sites for hydroxylation is 1. The van der Waals surface area contributed by atoms with Gasteiger partial charge in [-0.15, -0.1) is 12.4 Å². The third kappa shape index (κ3) is 6.49. The molecular formula is C20H33BCl2N2O5. The molecule has 2 rings (SSSR count). The van der Waals surface area contributed by atoms with Gasteiger partial charge in [0.2, 0.25) is 5.91 Å². The third-order valence-corrected chi connectivity index (χ3v) is 5.79. The zero-order valence-electron chi connectivity index (χ0n) is 18.6. The molecule has 1 amide bonds. The number of hydrogen-bond donors (Lipinski definition) is 1. The van der Waals surface area contributed by atoms with Crippen molar-refractivity contribution in [2.24, 2.45) is 5.84 Å². The Balaban J connectivity index is 0.00000450. The van der Waals surface area contributed by atoms with Crippen molar-refractivity contribution in [2.45, 2.75) is 64.6 Å². The number of hydrazine groups is 1. The number of amides is 1. The van der Waals surface area contributed by atoms with Crippen LogP contribution in [0.3, 0.4) is 0 Å². The molecule has 1 aliphatic heterocycles. The highest BCUT2D eigenvalue weighted by Crippen LogP contribution is 2.38. The van der Waals surface area contributed by atoms with Gasteiger partial charge >= 0.3 is 7.12 Å². The first-order valence-corrected chi connectivity index (χ1v) is 10.2. The van der Waals surface area contributed by atoms with Crippen LogP contribution >= 0.6 is 24.0 Å². The van der Waals surface area contributed by atoms with Crippen LogP contribution in [0, 0.1) is 6.92 Å². The highest BCUT2D eigenvalue weighted by molar-refractivity contribution is 6.48. The van der Waals surface area contributed by atoms with E-state index in [4.69, 9.17) is 36.2 Å². The first-order chi connectivity index (χ1) is 13.5. The summed E-state index contributed by atoms with van der Waals surface area (Å²) in [6.07, 6.45) is 0.619. The molecule has 0 saturated carbocycles. The predicted octanol–water partition coefficient (Wildman–Crippen LogP) is 3.58. The fourth-order valence-corrected chi connectivity index (χ4v) is 3.25.